The van der Waals surface area contributed by atoms with Crippen molar-refractivity contribution in [3.8, 4) is 0 Å². The summed E-state index contributed by atoms with van der Waals surface area (Å²) in [6, 6.07) is 0. The van der Waals surface area contributed by atoms with Crippen molar-refractivity contribution < 1.29 is 4.52 Å². The molecule has 0 amide bonds. The third-order valence-corrected chi connectivity index (χ3v) is 5.57. The van der Waals surface area contributed by atoms with Crippen molar-refractivity contribution in [2.24, 2.45) is 10.4 Å². The second-order valence-electron chi connectivity index (χ2n) is 7.92. The van der Waals surface area contributed by atoms with Crippen molar-refractivity contribution in [3.63, 3.8) is 0 Å². The van der Waals surface area contributed by atoms with Crippen LogP contribution in [0.5, 0.6) is 0 Å². The van der Waals surface area contributed by atoms with E-state index in [4.69, 9.17) is 9.52 Å². The zero-order valence-corrected chi connectivity index (χ0v) is 16.1. The second kappa shape index (κ2) is 8.19. The Balaban J connectivity index is 1.57. The molecule has 3 rings (SSSR count). The van der Waals surface area contributed by atoms with E-state index in [0.29, 0.717) is 30.2 Å². The van der Waals surface area contributed by atoms with E-state index in [2.05, 4.69) is 41.1 Å². The Labute approximate surface area is 151 Å². The van der Waals surface area contributed by atoms with Crippen LogP contribution in [0.4, 0.5) is 0 Å². The van der Waals surface area contributed by atoms with Gasteiger partial charge in [0.1, 0.15) is 0 Å². The van der Waals surface area contributed by atoms with Gasteiger partial charge in [-0.15, -0.1) is 0 Å². The summed E-state index contributed by atoms with van der Waals surface area (Å²) >= 11 is 0. The van der Waals surface area contributed by atoms with Gasteiger partial charge in [0.2, 0.25) is 5.89 Å². The molecule has 0 unspecified atom stereocenters. The number of guanidine groups is 1. The molecule has 1 aliphatic heterocycles. The maximum absolute atomic E-state index is 5.32. The molecule has 1 saturated heterocycles. The lowest BCUT2D eigenvalue weighted by Gasteiger charge is -2.33. The van der Waals surface area contributed by atoms with Gasteiger partial charge in [0.25, 0.3) is 0 Å². The van der Waals surface area contributed by atoms with Gasteiger partial charge in [0.15, 0.2) is 11.8 Å². The third-order valence-electron chi connectivity index (χ3n) is 5.57. The van der Waals surface area contributed by atoms with E-state index in [9.17, 15) is 0 Å². The summed E-state index contributed by atoms with van der Waals surface area (Å²) in [4.78, 5) is 11.7. The largest absolute Gasteiger partial charge is 0.357 e. The molecule has 140 valence electrons. The van der Waals surface area contributed by atoms with Gasteiger partial charge in [-0.25, -0.2) is 0 Å². The van der Waals surface area contributed by atoms with Crippen LogP contribution in [-0.2, 0) is 6.42 Å². The number of hydrogen-bond acceptors (Lipinski definition) is 4. The van der Waals surface area contributed by atoms with E-state index < -0.39 is 0 Å². The average Bonchev–Trinajstić information content (AvgIpc) is 3.23. The maximum atomic E-state index is 5.32. The summed E-state index contributed by atoms with van der Waals surface area (Å²) in [5.74, 6) is 2.82. The van der Waals surface area contributed by atoms with Crippen LogP contribution in [0.1, 0.15) is 76.9 Å². The van der Waals surface area contributed by atoms with E-state index in [1.165, 1.54) is 38.5 Å². The van der Waals surface area contributed by atoms with Gasteiger partial charge in [-0.3, -0.25) is 4.99 Å². The molecule has 1 N–H and O–H groups in total. The van der Waals surface area contributed by atoms with Gasteiger partial charge < -0.3 is 14.7 Å². The van der Waals surface area contributed by atoms with Gasteiger partial charge in [-0.2, -0.15) is 4.98 Å². The normalized spacial score (nSPS) is 20.6. The maximum Gasteiger partial charge on any atom is 0.228 e. The Bertz CT molecular complexity index is 574. The Morgan fingerprint density at radius 1 is 1.28 bits per heavy atom. The first-order chi connectivity index (χ1) is 12.1. The summed E-state index contributed by atoms with van der Waals surface area (Å²) in [5, 5.41) is 7.49. The summed E-state index contributed by atoms with van der Waals surface area (Å²) in [6.07, 6.45) is 9.02. The first-order valence-corrected chi connectivity index (χ1v) is 9.98. The minimum absolute atomic E-state index is 0.301. The van der Waals surface area contributed by atoms with Gasteiger partial charge in [-0.1, -0.05) is 38.3 Å². The summed E-state index contributed by atoms with van der Waals surface area (Å²) < 4.78 is 5.32. The van der Waals surface area contributed by atoms with Crippen LogP contribution >= 0.6 is 0 Å². The molecule has 6 heteroatoms. The number of likely N-dealkylation sites (tertiary alicyclic amines) is 1. The molecule has 0 aromatic carbocycles. The Hall–Kier alpha value is -1.59. The van der Waals surface area contributed by atoms with Crippen molar-refractivity contribution >= 4 is 5.96 Å². The Morgan fingerprint density at radius 2 is 2.08 bits per heavy atom. The molecule has 1 saturated carbocycles. The lowest BCUT2D eigenvalue weighted by Crippen LogP contribution is -2.41. The molecule has 0 bridgehead atoms. The molecule has 0 radical (unpaired) electrons. The fourth-order valence-corrected chi connectivity index (χ4v) is 4.11. The minimum Gasteiger partial charge on any atom is -0.357 e. The van der Waals surface area contributed by atoms with Crippen molar-refractivity contribution in [3.05, 3.63) is 11.7 Å². The predicted octanol–water partition coefficient (Wildman–Crippen LogP) is 3.36. The van der Waals surface area contributed by atoms with Crippen LogP contribution in [0.2, 0.25) is 0 Å². The number of aliphatic imine (C=N–C) groups is 1. The average molecular weight is 348 g/mol. The number of aromatic nitrogens is 2. The van der Waals surface area contributed by atoms with E-state index in [1.54, 1.807) is 0 Å². The lowest BCUT2D eigenvalue weighted by atomic mass is 9.73. The highest BCUT2D eigenvalue weighted by Gasteiger charge is 2.39. The van der Waals surface area contributed by atoms with Gasteiger partial charge in [0, 0.05) is 32.0 Å². The molecular weight excluding hydrogens is 314 g/mol. The van der Waals surface area contributed by atoms with Crippen molar-refractivity contribution in [2.45, 2.75) is 71.6 Å². The molecule has 2 aliphatic rings. The summed E-state index contributed by atoms with van der Waals surface area (Å²) in [6.45, 7) is 10.2. The van der Waals surface area contributed by atoms with Crippen LogP contribution in [0, 0.1) is 5.41 Å². The van der Waals surface area contributed by atoms with Gasteiger partial charge in [0.05, 0.1) is 6.54 Å². The first-order valence-electron chi connectivity index (χ1n) is 9.98. The molecule has 0 atom stereocenters. The van der Waals surface area contributed by atoms with E-state index >= 15 is 0 Å². The number of hydrogen-bond donors (Lipinski definition) is 1. The van der Waals surface area contributed by atoms with Crippen LogP contribution in [0.15, 0.2) is 9.52 Å². The van der Waals surface area contributed by atoms with E-state index in [1.807, 2.05) is 0 Å². The fraction of sp³-hybridized carbons (Fsp3) is 0.842. The Morgan fingerprint density at radius 3 is 2.76 bits per heavy atom. The van der Waals surface area contributed by atoms with Crippen LogP contribution < -0.4 is 5.32 Å². The topological polar surface area (TPSA) is 66.5 Å². The van der Waals surface area contributed by atoms with E-state index in [-0.39, 0.29) is 0 Å². The first kappa shape index (κ1) is 18.2. The second-order valence-corrected chi connectivity index (χ2v) is 7.92. The smallest absolute Gasteiger partial charge is 0.228 e. The van der Waals surface area contributed by atoms with Gasteiger partial charge in [-0.05, 0) is 31.6 Å². The lowest BCUT2D eigenvalue weighted by molar-refractivity contribution is 0.203. The summed E-state index contributed by atoms with van der Waals surface area (Å²) in [5.41, 5.74) is 0.549. The molecule has 2 heterocycles. The molecule has 6 nitrogen and oxygen atoms in total. The third kappa shape index (κ3) is 4.53. The standard InChI is InChI=1S/C19H33N5O/c1-4-20-18(21-12-8-16-22-17(15(2)3)23-25-16)24-13-11-19(14-24)9-6-5-7-10-19/h15H,4-14H2,1-3H3,(H,20,21). The molecular formula is C19H33N5O. The van der Waals surface area contributed by atoms with Crippen LogP contribution in [0.3, 0.4) is 0 Å². The zero-order valence-electron chi connectivity index (χ0n) is 16.1. The SMILES string of the molecule is CCNC(=NCCc1nc(C(C)C)no1)N1CCC2(CCCCC2)C1. The molecule has 2 fully saturated rings. The Kier molecular flexibility index (Phi) is 5.97. The highest BCUT2D eigenvalue weighted by Crippen LogP contribution is 2.43. The number of rotatable bonds is 5. The highest BCUT2D eigenvalue weighted by molar-refractivity contribution is 5.80. The summed E-state index contributed by atoms with van der Waals surface area (Å²) in [7, 11) is 0. The zero-order chi connectivity index (χ0) is 17.7. The van der Waals surface area contributed by atoms with Crippen molar-refractivity contribution in [2.75, 3.05) is 26.2 Å². The van der Waals surface area contributed by atoms with Crippen LogP contribution in [0.25, 0.3) is 0 Å². The molecule has 25 heavy (non-hydrogen) atoms. The monoisotopic (exact) mass is 347 g/mol. The highest BCUT2D eigenvalue weighted by atomic mass is 16.5. The molecule has 1 spiro atoms. The predicted molar refractivity (Wildman–Crippen MR) is 99.8 cm³/mol. The molecule has 1 aromatic heterocycles. The number of nitrogens with one attached hydrogen (secondary N) is 1. The molecule has 1 aromatic rings. The van der Waals surface area contributed by atoms with E-state index in [0.717, 1.165) is 31.4 Å². The fourth-order valence-electron chi connectivity index (χ4n) is 4.11. The van der Waals surface area contributed by atoms with Crippen molar-refractivity contribution in [1.29, 1.82) is 0 Å². The quantitative estimate of drug-likeness (QED) is 0.653. The minimum atomic E-state index is 0.301. The molecule has 1 aliphatic carbocycles. The van der Waals surface area contributed by atoms with Crippen LogP contribution in [-0.4, -0.2) is 47.2 Å². The number of nitrogens with zero attached hydrogens (tertiary/aromatic N) is 4. The van der Waals surface area contributed by atoms with Crippen molar-refractivity contribution in [1.82, 2.24) is 20.4 Å². The van der Waals surface area contributed by atoms with Gasteiger partial charge >= 0.3 is 0 Å².